The molecule has 0 aliphatic carbocycles. The van der Waals surface area contributed by atoms with Crippen molar-refractivity contribution >= 4 is 40.6 Å². The summed E-state index contributed by atoms with van der Waals surface area (Å²) in [5.74, 6) is 1.08. The van der Waals surface area contributed by atoms with Gasteiger partial charge in [0.2, 0.25) is 0 Å². The van der Waals surface area contributed by atoms with Crippen LogP contribution in [0.2, 0.25) is 0 Å². The number of H-pyrrole nitrogens is 1. The maximum atomic E-state index is 12.4. The Morgan fingerprint density at radius 2 is 2.07 bits per heavy atom. The first-order valence-electron chi connectivity index (χ1n) is 9.26. The first kappa shape index (κ1) is 19.0. The predicted molar refractivity (Wildman–Crippen MR) is 107 cm³/mol. The number of aromatic amines is 1. The van der Waals surface area contributed by atoms with Crippen molar-refractivity contribution in [2.24, 2.45) is 5.92 Å². The van der Waals surface area contributed by atoms with Crippen molar-refractivity contribution in [3.8, 4) is 0 Å². The number of esters is 2. The quantitative estimate of drug-likeness (QED) is 0.779. The maximum absolute atomic E-state index is 12.4. The number of fused-ring (bicyclic) bond motifs is 1. The molecule has 2 aliphatic heterocycles. The van der Waals surface area contributed by atoms with Crippen LogP contribution in [0.25, 0.3) is 11.0 Å². The molecular formula is C19H24N4O4S. The molecule has 0 amide bonds. The highest BCUT2D eigenvalue weighted by Gasteiger charge is 2.56. The topological polar surface area (TPSA) is 97.4 Å². The predicted octanol–water partition coefficient (Wildman–Crippen LogP) is 2.40. The van der Waals surface area contributed by atoms with Gasteiger partial charge in [-0.15, -0.1) is 0 Å². The van der Waals surface area contributed by atoms with E-state index in [4.69, 9.17) is 9.47 Å². The zero-order valence-corrected chi connectivity index (χ0v) is 17.3. The molecule has 150 valence electrons. The molecule has 2 aromatic heterocycles. The summed E-state index contributed by atoms with van der Waals surface area (Å²) in [6, 6.07) is 1.74. The zero-order valence-electron chi connectivity index (χ0n) is 16.4. The number of anilines is 1. The molecular weight excluding hydrogens is 380 g/mol. The summed E-state index contributed by atoms with van der Waals surface area (Å²) in [7, 11) is 1.45. The number of hydrogen-bond acceptors (Lipinski definition) is 8. The van der Waals surface area contributed by atoms with Crippen molar-refractivity contribution in [1.29, 1.82) is 0 Å². The third-order valence-electron chi connectivity index (χ3n) is 5.16. The summed E-state index contributed by atoms with van der Waals surface area (Å²) >= 11 is 1.84. The Morgan fingerprint density at radius 3 is 2.75 bits per heavy atom. The van der Waals surface area contributed by atoms with Crippen molar-refractivity contribution in [2.75, 3.05) is 30.9 Å². The summed E-state index contributed by atoms with van der Waals surface area (Å²) < 4.78 is 10.3. The Balaban J connectivity index is 1.57. The maximum Gasteiger partial charge on any atom is 0.355 e. The summed E-state index contributed by atoms with van der Waals surface area (Å²) in [5, 5.41) is 0.774. The number of nitrogens with one attached hydrogen (secondary N) is 1. The molecule has 2 aliphatic rings. The highest BCUT2D eigenvalue weighted by atomic mass is 32.2. The van der Waals surface area contributed by atoms with Crippen LogP contribution in [-0.4, -0.2) is 63.2 Å². The molecule has 1 unspecified atom stereocenters. The highest BCUT2D eigenvalue weighted by Crippen LogP contribution is 2.50. The molecule has 28 heavy (non-hydrogen) atoms. The molecule has 4 heterocycles. The molecule has 2 saturated heterocycles. The third-order valence-corrected chi connectivity index (χ3v) is 6.71. The van der Waals surface area contributed by atoms with E-state index in [0.717, 1.165) is 36.5 Å². The second kappa shape index (κ2) is 6.65. The van der Waals surface area contributed by atoms with Gasteiger partial charge in [-0.25, -0.2) is 14.8 Å². The number of carbonyl (C=O) groups excluding carboxylic acids is 2. The average Bonchev–Trinajstić information content (AvgIpc) is 3.22. The van der Waals surface area contributed by atoms with Gasteiger partial charge in [-0.05, 0) is 39.0 Å². The number of hydrogen-bond donors (Lipinski definition) is 1. The first-order valence-corrected chi connectivity index (χ1v) is 10.2. The van der Waals surface area contributed by atoms with Crippen LogP contribution in [-0.2, 0) is 14.3 Å². The number of thioether (sulfide) groups is 1. The molecule has 0 bridgehead atoms. The Hall–Kier alpha value is -2.29. The molecule has 0 aromatic carbocycles. The van der Waals surface area contributed by atoms with E-state index in [1.165, 1.54) is 13.4 Å². The van der Waals surface area contributed by atoms with E-state index < -0.39 is 11.6 Å². The number of carbonyl (C=O) groups is 2. The van der Waals surface area contributed by atoms with Gasteiger partial charge in [0.1, 0.15) is 29.1 Å². The lowest BCUT2D eigenvalue weighted by Gasteiger charge is -2.50. The molecule has 1 N–H and O–H groups in total. The molecule has 2 aromatic rings. The van der Waals surface area contributed by atoms with Gasteiger partial charge >= 0.3 is 11.9 Å². The number of aromatic nitrogens is 3. The third kappa shape index (κ3) is 3.21. The minimum atomic E-state index is -0.574. The standard InChI is InChI=1S/C19H24N4O4S/c1-18(2,3)27-17(25)13-7-11-14(22-13)20-10-21-15(11)23-8-19(9-23)12(5-6-28-19)16(24)26-4/h7,10,12H,5-6,8-9H2,1-4H3,(H,20,21,22). The largest absolute Gasteiger partial charge is 0.469 e. The van der Waals surface area contributed by atoms with Crippen molar-refractivity contribution in [3.63, 3.8) is 0 Å². The second-order valence-corrected chi connectivity index (χ2v) is 9.79. The smallest absolute Gasteiger partial charge is 0.355 e. The molecule has 0 saturated carbocycles. The van der Waals surface area contributed by atoms with Crippen LogP contribution < -0.4 is 4.90 Å². The van der Waals surface area contributed by atoms with E-state index >= 15 is 0 Å². The summed E-state index contributed by atoms with van der Waals surface area (Å²) in [5.41, 5.74) is 0.370. The van der Waals surface area contributed by atoms with Gasteiger partial charge in [-0.1, -0.05) is 0 Å². The minimum absolute atomic E-state index is 0.0837. The molecule has 8 nitrogen and oxygen atoms in total. The van der Waals surface area contributed by atoms with Crippen LogP contribution >= 0.6 is 11.8 Å². The zero-order chi connectivity index (χ0) is 20.1. The SMILES string of the molecule is COC(=O)C1CCSC12CN(c1ncnc3[nH]c(C(=O)OC(C)(C)C)cc13)C2. The molecule has 4 rings (SSSR count). The molecule has 9 heteroatoms. The van der Waals surface area contributed by atoms with E-state index in [0.29, 0.717) is 11.3 Å². The van der Waals surface area contributed by atoms with Crippen molar-refractivity contribution in [3.05, 3.63) is 18.1 Å². The van der Waals surface area contributed by atoms with Gasteiger partial charge in [0.05, 0.1) is 23.2 Å². The van der Waals surface area contributed by atoms with Crippen LogP contribution in [0.15, 0.2) is 12.4 Å². The Labute approximate surface area is 167 Å². The lowest BCUT2D eigenvalue weighted by atomic mass is 9.83. The van der Waals surface area contributed by atoms with E-state index in [1.54, 1.807) is 6.07 Å². The van der Waals surface area contributed by atoms with E-state index in [2.05, 4.69) is 19.9 Å². The highest BCUT2D eigenvalue weighted by molar-refractivity contribution is 8.01. The average molecular weight is 404 g/mol. The molecule has 2 fully saturated rings. The van der Waals surface area contributed by atoms with Crippen LogP contribution in [0.3, 0.4) is 0 Å². The number of methoxy groups -OCH3 is 1. The van der Waals surface area contributed by atoms with Crippen molar-refractivity contribution in [2.45, 2.75) is 37.5 Å². The fourth-order valence-corrected chi connectivity index (χ4v) is 5.57. The van der Waals surface area contributed by atoms with Gasteiger partial charge in [0.25, 0.3) is 0 Å². The fraction of sp³-hybridized carbons (Fsp3) is 0.579. The molecule has 0 radical (unpaired) electrons. The fourth-order valence-electron chi connectivity index (χ4n) is 3.90. The first-order chi connectivity index (χ1) is 13.2. The van der Waals surface area contributed by atoms with Crippen molar-refractivity contribution in [1.82, 2.24) is 15.0 Å². The van der Waals surface area contributed by atoms with Crippen LogP contribution in [0.1, 0.15) is 37.7 Å². The monoisotopic (exact) mass is 404 g/mol. The Kier molecular flexibility index (Phi) is 4.52. The lowest BCUT2D eigenvalue weighted by Crippen LogP contribution is -2.63. The van der Waals surface area contributed by atoms with Gasteiger partial charge in [-0.3, -0.25) is 4.79 Å². The van der Waals surface area contributed by atoms with Crippen LogP contribution in [0.5, 0.6) is 0 Å². The van der Waals surface area contributed by atoms with Crippen LogP contribution in [0, 0.1) is 5.92 Å². The van der Waals surface area contributed by atoms with E-state index in [9.17, 15) is 9.59 Å². The van der Waals surface area contributed by atoms with Crippen LogP contribution in [0.4, 0.5) is 5.82 Å². The number of ether oxygens (including phenoxy) is 2. The minimum Gasteiger partial charge on any atom is -0.469 e. The number of rotatable bonds is 3. The van der Waals surface area contributed by atoms with Gasteiger partial charge < -0.3 is 19.4 Å². The number of nitrogens with zero attached hydrogens (tertiary/aromatic N) is 3. The molecule has 1 spiro atoms. The second-order valence-electron chi connectivity index (χ2n) is 8.28. The summed E-state index contributed by atoms with van der Waals surface area (Å²) in [6.45, 7) is 6.92. The molecule has 1 atom stereocenters. The van der Waals surface area contributed by atoms with Gasteiger partial charge in [0, 0.05) is 13.1 Å². The summed E-state index contributed by atoms with van der Waals surface area (Å²) in [4.78, 5) is 38.4. The van der Waals surface area contributed by atoms with Gasteiger partial charge in [0.15, 0.2) is 0 Å². The normalized spacial score (nSPS) is 21.0. The van der Waals surface area contributed by atoms with Crippen molar-refractivity contribution < 1.29 is 19.1 Å². The Morgan fingerprint density at radius 1 is 1.32 bits per heavy atom. The van der Waals surface area contributed by atoms with E-state index in [-0.39, 0.29) is 16.6 Å². The Bertz CT molecular complexity index is 930. The lowest BCUT2D eigenvalue weighted by molar-refractivity contribution is -0.146. The summed E-state index contributed by atoms with van der Waals surface area (Å²) in [6.07, 6.45) is 2.33. The van der Waals surface area contributed by atoms with Gasteiger partial charge in [-0.2, -0.15) is 11.8 Å². The van der Waals surface area contributed by atoms with E-state index in [1.807, 2.05) is 32.5 Å².